The minimum absolute atomic E-state index is 0.0608. The average molecular weight is 948 g/mol. The minimum Gasteiger partial charge on any atom is -0.462 e. The Kier molecular flexibility index (Phi) is 55.6. The summed E-state index contributed by atoms with van der Waals surface area (Å²) in [5, 5.41) is 0. The van der Waals surface area contributed by atoms with Gasteiger partial charge in [-0.25, -0.2) is 0 Å². The highest BCUT2D eigenvalue weighted by Crippen LogP contribution is 2.18. The molecule has 6 nitrogen and oxygen atoms in total. The Morgan fingerprint density at radius 1 is 0.239 bits per heavy atom. The third-order valence-electron chi connectivity index (χ3n) is 14.1. The van der Waals surface area contributed by atoms with Crippen LogP contribution in [0, 0.1) is 0 Å². The Labute approximate surface area is 418 Å². The van der Waals surface area contributed by atoms with Gasteiger partial charge in [0.15, 0.2) is 6.10 Å². The Bertz CT molecular complexity index is 998. The predicted octanol–water partition coefficient (Wildman–Crippen LogP) is 20.3. The smallest absolute Gasteiger partial charge is 0.306 e. The van der Waals surface area contributed by atoms with Gasteiger partial charge in [0.1, 0.15) is 13.2 Å². The zero-order valence-corrected chi connectivity index (χ0v) is 45.7. The average Bonchev–Trinajstić information content (AvgIpc) is 3.33. The van der Waals surface area contributed by atoms with Crippen LogP contribution in [-0.2, 0) is 28.6 Å². The van der Waals surface area contributed by atoms with E-state index in [9.17, 15) is 14.4 Å². The van der Waals surface area contributed by atoms with Crippen LogP contribution < -0.4 is 0 Å². The number of unbranched alkanes of at least 4 members (excludes halogenated alkanes) is 46. The summed E-state index contributed by atoms with van der Waals surface area (Å²) in [6.07, 6.45) is 63.9. The monoisotopic (exact) mass is 947 g/mol. The van der Waals surface area contributed by atoms with E-state index >= 15 is 0 Å². The van der Waals surface area contributed by atoms with Gasteiger partial charge in [-0.05, 0) is 19.3 Å². The van der Waals surface area contributed by atoms with Crippen LogP contribution in [0.15, 0.2) is 0 Å². The molecule has 0 saturated heterocycles. The van der Waals surface area contributed by atoms with Crippen molar-refractivity contribution in [3.05, 3.63) is 0 Å². The molecule has 0 spiro atoms. The zero-order valence-electron chi connectivity index (χ0n) is 45.7. The Balaban J connectivity index is 4.25. The van der Waals surface area contributed by atoms with Crippen molar-refractivity contribution in [2.75, 3.05) is 13.2 Å². The fraction of sp³-hybridized carbons (Fsp3) is 0.951. The molecular weight excluding hydrogens is 829 g/mol. The molecule has 0 aliphatic carbocycles. The van der Waals surface area contributed by atoms with Gasteiger partial charge in [0.05, 0.1) is 0 Å². The maximum atomic E-state index is 12.9. The maximum absolute atomic E-state index is 12.9. The molecule has 67 heavy (non-hydrogen) atoms. The van der Waals surface area contributed by atoms with E-state index in [2.05, 4.69) is 20.8 Å². The number of carbonyl (C=O) groups is 3. The quantitative estimate of drug-likeness (QED) is 0.0343. The van der Waals surface area contributed by atoms with Crippen molar-refractivity contribution >= 4 is 17.9 Å². The van der Waals surface area contributed by atoms with E-state index in [1.807, 2.05) is 0 Å². The summed E-state index contributed by atoms with van der Waals surface area (Å²) >= 11 is 0. The van der Waals surface area contributed by atoms with Crippen LogP contribution in [0.1, 0.15) is 355 Å². The number of esters is 3. The molecule has 0 aromatic carbocycles. The maximum Gasteiger partial charge on any atom is 0.306 e. The Morgan fingerprint density at radius 3 is 0.597 bits per heavy atom. The number of ether oxygens (including phenoxy) is 3. The number of carbonyl (C=O) groups excluding carboxylic acids is 3. The largest absolute Gasteiger partial charge is 0.462 e. The first-order chi connectivity index (χ1) is 33.0. The third-order valence-corrected chi connectivity index (χ3v) is 14.1. The highest BCUT2D eigenvalue weighted by molar-refractivity contribution is 5.71. The Hall–Kier alpha value is -1.59. The summed E-state index contributed by atoms with van der Waals surface area (Å²) in [7, 11) is 0. The molecule has 0 saturated carbocycles. The highest BCUT2D eigenvalue weighted by Gasteiger charge is 2.19. The zero-order chi connectivity index (χ0) is 48.6. The number of hydrogen-bond acceptors (Lipinski definition) is 6. The third kappa shape index (κ3) is 55.2. The van der Waals surface area contributed by atoms with Crippen molar-refractivity contribution < 1.29 is 28.6 Å². The van der Waals surface area contributed by atoms with Crippen LogP contribution in [-0.4, -0.2) is 37.2 Å². The van der Waals surface area contributed by atoms with E-state index in [1.165, 1.54) is 257 Å². The van der Waals surface area contributed by atoms with Crippen LogP contribution in [0.25, 0.3) is 0 Å². The van der Waals surface area contributed by atoms with Crippen molar-refractivity contribution in [1.29, 1.82) is 0 Å². The van der Waals surface area contributed by atoms with E-state index in [-0.39, 0.29) is 31.1 Å². The first kappa shape index (κ1) is 65.4. The topological polar surface area (TPSA) is 78.9 Å². The van der Waals surface area contributed by atoms with Crippen molar-refractivity contribution in [3.8, 4) is 0 Å². The van der Waals surface area contributed by atoms with E-state index in [0.717, 1.165) is 57.8 Å². The highest BCUT2D eigenvalue weighted by atomic mass is 16.6. The molecule has 0 fully saturated rings. The summed E-state index contributed by atoms with van der Waals surface area (Å²) in [4.78, 5) is 38.2. The van der Waals surface area contributed by atoms with Crippen LogP contribution in [0.2, 0.25) is 0 Å². The molecule has 6 heteroatoms. The fourth-order valence-electron chi connectivity index (χ4n) is 9.51. The molecule has 0 bridgehead atoms. The van der Waals surface area contributed by atoms with Crippen molar-refractivity contribution in [3.63, 3.8) is 0 Å². The summed E-state index contributed by atoms with van der Waals surface area (Å²) in [5.74, 6) is -0.829. The first-order valence-electron chi connectivity index (χ1n) is 30.5. The summed E-state index contributed by atoms with van der Waals surface area (Å²) < 4.78 is 16.9. The predicted molar refractivity (Wildman–Crippen MR) is 289 cm³/mol. The van der Waals surface area contributed by atoms with Gasteiger partial charge in [0, 0.05) is 19.3 Å². The molecule has 0 aromatic heterocycles. The summed E-state index contributed by atoms with van der Waals surface area (Å²) in [6.45, 7) is 6.72. The molecule has 398 valence electrons. The Morgan fingerprint density at radius 2 is 0.403 bits per heavy atom. The molecule has 0 radical (unpaired) electrons. The van der Waals surface area contributed by atoms with Crippen molar-refractivity contribution in [2.45, 2.75) is 361 Å². The molecule has 0 aliphatic rings. The van der Waals surface area contributed by atoms with E-state index < -0.39 is 6.10 Å². The molecule has 0 rings (SSSR count). The summed E-state index contributed by atoms with van der Waals surface area (Å²) in [6, 6.07) is 0. The fourth-order valence-corrected chi connectivity index (χ4v) is 9.51. The lowest BCUT2D eigenvalue weighted by molar-refractivity contribution is -0.167. The van der Waals surface area contributed by atoms with Gasteiger partial charge in [-0.15, -0.1) is 0 Å². The lowest BCUT2D eigenvalue weighted by atomic mass is 10.0. The van der Waals surface area contributed by atoms with Crippen LogP contribution in [0.4, 0.5) is 0 Å². The lowest BCUT2D eigenvalue weighted by Crippen LogP contribution is -2.30. The molecule has 0 heterocycles. The van der Waals surface area contributed by atoms with Gasteiger partial charge in [-0.2, -0.15) is 0 Å². The number of rotatable bonds is 57. The van der Waals surface area contributed by atoms with Crippen LogP contribution in [0.3, 0.4) is 0 Å². The molecule has 0 N–H and O–H groups in total. The molecule has 0 unspecified atom stereocenters. The van der Waals surface area contributed by atoms with Crippen molar-refractivity contribution in [2.24, 2.45) is 0 Å². The van der Waals surface area contributed by atoms with Crippen LogP contribution >= 0.6 is 0 Å². The SMILES string of the molecule is CCCCCCCCCCCCCCCCCCCCCC(=O)OC[C@H](COC(=O)CCCCCCCCCCCCCC)OC(=O)CCCCCCCCCCCCCCCCCCCC. The lowest BCUT2D eigenvalue weighted by Gasteiger charge is -2.18. The van der Waals surface area contributed by atoms with E-state index in [4.69, 9.17) is 14.2 Å². The van der Waals surface area contributed by atoms with Crippen molar-refractivity contribution in [1.82, 2.24) is 0 Å². The van der Waals surface area contributed by atoms with E-state index in [1.54, 1.807) is 0 Å². The first-order valence-corrected chi connectivity index (χ1v) is 30.5. The van der Waals surface area contributed by atoms with Crippen LogP contribution in [0.5, 0.6) is 0 Å². The molecular formula is C61H118O6. The molecule has 0 aliphatic heterocycles. The van der Waals surface area contributed by atoms with Gasteiger partial charge in [-0.3, -0.25) is 14.4 Å². The second-order valence-corrected chi connectivity index (χ2v) is 21.0. The van der Waals surface area contributed by atoms with Gasteiger partial charge < -0.3 is 14.2 Å². The van der Waals surface area contributed by atoms with Gasteiger partial charge in [0.2, 0.25) is 0 Å². The van der Waals surface area contributed by atoms with Gasteiger partial charge in [-0.1, -0.05) is 316 Å². The second kappa shape index (κ2) is 57.0. The number of hydrogen-bond donors (Lipinski definition) is 0. The minimum atomic E-state index is -0.761. The standard InChI is InChI=1S/C61H118O6/c1-4-7-10-13-16-19-22-25-27-29-31-33-34-36-39-42-45-48-51-54-60(63)66-57-58(56-65-59(62)53-50-47-44-41-38-24-21-18-15-12-9-6-3)67-61(64)55-52-49-46-43-40-37-35-32-30-28-26-23-20-17-14-11-8-5-2/h58H,4-57H2,1-3H3/t58-/m0/s1. The summed E-state index contributed by atoms with van der Waals surface area (Å²) in [5.41, 5.74) is 0. The second-order valence-electron chi connectivity index (χ2n) is 21.0. The molecule has 1 atom stereocenters. The van der Waals surface area contributed by atoms with E-state index in [0.29, 0.717) is 19.3 Å². The van der Waals surface area contributed by atoms with Gasteiger partial charge in [0.25, 0.3) is 0 Å². The van der Waals surface area contributed by atoms with Gasteiger partial charge >= 0.3 is 17.9 Å². The molecule has 0 amide bonds. The normalized spacial score (nSPS) is 11.9. The molecule has 0 aromatic rings.